The van der Waals surface area contributed by atoms with Crippen LogP contribution < -0.4 is 0 Å². The number of rotatable bonds is 7. The van der Waals surface area contributed by atoms with Crippen molar-refractivity contribution in [2.75, 3.05) is 12.4 Å². The van der Waals surface area contributed by atoms with Gasteiger partial charge in [0.2, 0.25) is 0 Å². The first-order valence-corrected chi connectivity index (χ1v) is 6.53. The van der Waals surface area contributed by atoms with Gasteiger partial charge in [0.05, 0.1) is 12.8 Å². The average Bonchev–Trinajstić information content (AvgIpc) is 2.30. The van der Waals surface area contributed by atoms with Gasteiger partial charge in [0, 0.05) is 6.20 Å². The van der Waals surface area contributed by atoms with Crippen molar-refractivity contribution in [3.8, 4) is 0 Å². The smallest absolute Gasteiger partial charge is 0.170 e. The third-order valence-corrected chi connectivity index (χ3v) is 3.55. The van der Waals surface area contributed by atoms with E-state index in [1.807, 2.05) is 6.07 Å². The zero-order valence-corrected chi connectivity index (χ0v) is 9.54. The number of hydrogen-bond acceptors (Lipinski definition) is 2. The molecular formula is C11H16NO2S. The Hall–Kier alpha value is -0.580. The van der Waals surface area contributed by atoms with E-state index in [-0.39, 0.29) is 6.61 Å². The Balaban J connectivity index is 2.16. The summed E-state index contributed by atoms with van der Waals surface area (Å²) >= 11 is -0.929. The lowest BCUT2D eigenvalue weighted by molar-refractivity contribution is 0.186. The molecule has 0 saturated heterocycles. The first-order valence-electron chi connectivity index (χ1n) is 5.21. The summed E-state index contributed by atoms with van der Waals surface area (Å²) in [5.74, 6) is 0.671. The van der Waals surface area contributed by atoms with Crippen LogP contribution in [-0.2, 0) is 16.3 Å². The lowest BCUT2D eigenvalue weighted by Crippen LogP contribution is -2.07. The molecule has 0 fully saturated rings. The summed E-state index contributed by atoms with van der Waals surface area (Å²) in [7, 11) is 0. The van der Waals surface area contributed by atoms with Crippen molar-refractivity contribution in [3.63, 3.8) is 0 Å². The van der Waals surface area contributed by atoms with Gasteiger partial charge in [-0.15, -0.1) is 0 Å². The van der Waals surface area contributed by atoms with E-state index < -0.39 is 11.2 Å². The molecule has 0 aliphatic carbocycles. The van der Waals surface area contributed by atoms with E-state index in [1.165, 1.54) is 0 Å². The molecule has 1 rings (SSSR count). The van der Waals surface area contributed by atoms with Crippen LogP contribution in [0.5, 0.6) is 0 Å². The molecule has 4 heteroatoms. The van der Waals surface area contributed by atoms with Crippen LogP contribution in [-0.4, -0.2) is 21.9 Å². The van der Waals surface area contributed by atoms with Crippen molar-refractivity contribution >= 4 is 11.2 Å². The van der Waals surface area contributed by atoms with Crippen molar-refractivity contribution in [1.82, 2.24) is 4.98 Å². The summed E-state index contributed by atoms with van der Waals surface area (Å²) in [4.78, 5) is 4.72. The van der Waals surface area contributed by atoms with E-state index in [4.69, 9.17) is 0 Å². The second kappa shape index (κ2) is 7.68. The van der Waals surface area contributed by atoms with Crippen LogP contribution in [0.2, 0.25) is 0 Å². The number of aromatic nitrogens is 1. The number of nitrogens with zero attached hydrogens (tertiary/aromatic N) is 1. The molecule has 0 aromatic carbocycles. The van der Waals surface area contributed by atoms with Crippen molar-refractivity contribution < 1.29 is 9.66 Å². The molecule has 0 bridgehead atoms. The van der Waals surface area contributed by atoms with Crippen LogP contribution in [0.15, 0.2) is 29.4 Å². The minimum absolute atomic E-state index is 0.00565. The third kappa shape index (κ3) is 5.16. The van der Waals surface area contributed by atoms with Crippen molar-refractivity contribution in [1.29, 1.82) is 0 Å². The van der Waals surface area contributed by atoms with Gasteiger partial charge in [0.25, 0.3) is 0 Å². The molecule has 1 aromatic heterocycles. The summed E-state index contributed by atoms with van der Waals surface area (Å²) < 4.78 is 11.7. The van der Waals surface area contributed by atoms with E-state index in [0.717, 1.165) is 30.6 Å². The van der Waals surface area contributed by atoms with Gasteiger partial charge >= 0.3 is 0 Å². The second-order valence-corrected chi connectivity index (χ2v) is 4.93. The molecule has 0 saturated carbocycles. The second-order valence-electron chi connectivity index (χ2n) is 3.36. The zero-order chi connectivity index (χ0) is 10.9. The maximum atomic E-state index is 11.7. The molecular weight excluding hydrogens is 210 g/mol. The third-order valence-electron chi connectivity index (χ3n) is 2.12. The van der Waals surface area contributed by atoms with Gasteiger partial charge in [-0.25, -0.2) is 5.11 Å². The average molecular weight is 226 g/mol. The van der Waals surface area contributed by atoms with Crippen LogP contribution in [0.1, 0.15) is 25.7 Å². The summed E-state index contributed by atoms with van der Waals surface area (Å²) in [5.41, 5.74) is 0. The maximum Gasteiger partial charge on any atom is 0.170 e. The molecule has 83 valence electrons. The van der Waals surface area contributed by atoms with Gasteiger partial charge < -0.3 is 4.55 Å². The summed E-state index contributed by atoms with van der Waals surface area (Å²) in [6.45, 7) is 0.00565. The molecule has 3 nitrogen and oxygen atoms in total. The predicted molar refractivity (Wildman–Crippen MR) is 59.5 cm³/mol. The molecule has 0 spiro atoms. The molecule has 0 aliphatic rings. The minimum atomic E-state index is -0.929. The first kappa shape index (κ1) is 12.5. The lowest BCUT2D eigenvalue weighted by atomic mass is 10.2. The molecule has 0 aliphatic heterocycles. The highest BCUT2D eigenvalue weighted by Gasteiger charge is 2.09. The van der Waals surface area contributed by atoms with E-state index in [9.17, 15) is 9.66 Å². The SMILES string of the molecule is [O]CCCCCC[S+]([O-])c1cccnc1. The Morgan fingerprint density at radius 1 is 1.27 bits per heavy atom. The van der Waals surface area contributed by atoms with Gasteiger partial charge in [-0.1, -0.05) is 6.42 Å². The molecule has 1 aromatic rings. The fraction of sp³-hybridized carbons (Fsp3) is 0.545. The van der Waals surface area contributed by atoms with Gasteiger partial charge in [-0.05, 0) is 42.6 Å². The van der Waals surface area contributed by atoms with Crippen LogP contribution in [0.4, 0.5) is 0 Å². The molecule has 1 heterocycles. The van der Waals surface area contributed by atoms with E-state index >= 15 is 0 Å². The molecule has 0 amide bonds. The van der Waals surface area contributed by atoms with Gasteiger partial charge in [-0.3, -0.25) is 4.98 Å². The number of unbranched alkanes of at least 4 members (excludes halogenated alkanes) is 3. The standard InChI is InChI=1S/C11H16NO2S/c13-8-3-1-2-4-9-15(14)11-6-5-7-12-10-11/h5-7,10H,1-4,8-9H2. The maximum absolute atomic E-state index is 11.7. The fourth-order valence-electron chi connectivity index (χ4n) is 1.29. The Bertz CT molecular complexity index is 256. The van der Waals surface area contributed by atoms with Crippen molar-refractivity contribution in [3.05, 3.63) is 24.5 Å². The van der Waals surface area contributed by atoms with E-state index in [0.29, 0.717) is 5.75 Å². The summed E-state index contributed by atoms with van der Waals surface area (Å²) in [5, 5.41) is 10.2. The van der Waals surface area contributed by atoms with Gasteiger partial charge in [-0.2, -0.15) is 0 Å². The topological polar surface area (TPSA) is 55.8 Å². The Morgan fingerprint density at radius 3 is 2.73 bits per heavy atom. The fourth-order valence-corrected chi connectivity index (χ4v) is 2.40. The zero-order valence-electron chi connectivity index (χ0n) is 8.72. The highest BCUT2D eigenvalue weighted by molar-refractivity contribution is 7.91. The van der Waals surface area contributed by atoms with Crippen molar-refractivity contribution in [2.24, 2.45) is 0 Å². The van der Waals surface area contributed by atoms with Crippen LogP contribution in [0.3, 0.4) is 0 Å². The quantitative estimate of drug-likeness (QED) is 0.528. The molecule has 15 heavy (non-hydrogen) atoms. The summed E-state index contributed by atoms with van der Waals surface area (Å²) in [6.07, 6.45) is 6.92. The van der Waals surface area contributed by atoms with Crippen LogP contribution in [0.25, 0.3) is 0 Å². The molecule has 0 N–H and O–H groups in total. The first-order chi connectivity index (χ1) is 7.34. The summed E-state index contributed by atoms with van der Waals surface area (Å²) in [6, 6.07) is 3.63. The van der Waals surface area contributed by atoms with Crippen LogP contribution in [0, 0.1) is 0 Å². The largest absolute Gasteiger partial charge is 0.611 e. The van der Waals surface area contributed by atoms with E-state index in [2.05, 4.69) is 4.98 Å². The Kier molecular flexibility index (Phi) is 6.39. The lowest BCUT2D eigenvalue weighted by Gasteiger charge is -2.09. The molecule has 1 atom stereocenters. The minimum Gasteiger partial charge on any atom is -0.611 e. The Labute approximate surface area is 93.7 Å². The molecule has 1 unspecified atom stereocenters. The van der Waals surface area contributed by atoms with Crippen molar-refractivity contribution in [2.45, 2.75) is 30.6 Å². The highest BCUT2D eigenvalue weighted by Crippen LogP contribution is 2.11. The Morgan fingerprint density at radius 2 is 2.07 bits per heavy atom. The van der Waals surface area contributed by atoms with Gasteiger partial charge in [0.15, 0.2) is 4.90 Å². The van der Waals surface area contributed by atoms with Crippen LogP contribution >= 0.6 is 0 Å². The predicted octanol–water partition coefficient (Wildman–Crippen LogP) is 2.18. The highest BCUT2D eigenvalue weighted by atomic mass is 32.2. The monoisotopic (exact) mass is 226 g/mol. The van der Waals surface area contributed by atoms with E-state index in [1.54, 1.807) is 18.5 Å². The number of hydrogen-bond donors (Lipinski definition) is 0. The van der Waals surface area contributed by atoms with Gasteiger partial charge in [0.1, 0.15) is 5.75 Å². The normalized spacial score (nSPS) is 12.7. The number of pyridine rings is 1. The molecule has 1 radical (unpaired) electrons.